The molecule has 156 valence electrons. The Kier molecular flexibility index (Phi) is 6.96. The summed E-state index contributed by atoms with van der Waals surface area (Å²) < 4.78 is 7.73. The van der Waals surface area contributed by atoms with Gasteiger partial charge in [0, 0.05) is 44.2 Å². The van der Waals surface area contributed by atoms with Crippen LogP contribution >= 0.6 is 0 Å². The van der Waals surface area contributed by atoms with Crippen molar-refractivity contribution in [1.29, 1.82) is 0 Å². The third kappa shape index (κ3) is 5.67. The second-order valence-electron chi connectivity index (χ2n) is 8.25. The predicted octanol–water partition coefficient (Wildman–Crippen LogP) is 3.16. The summed E-state index contributed by atoms with van der Waals surface area (Å²) in [5, 5.41) is 3.04. The van der Waals surface area contributed by atoms with Gasteiger partial charge in [-0.25, -0.2) is 4.98 Å². The summed E-state index contributed by atoms with van der Waals surface area (Å²) in [4.78, 5) is 19.1. The maximum Gasteiger partial charge on any atom is 0.220 e. The first-order chi connectivity index (χ1) is 14.3. The van der Waals surface area contributed by atoms with Gasteiger partial charge in [-0.3, -0.25) is 9.69 Å². The number of hydrogen-bond acceptors (Lipinski definition) is 4. The van der Waals surface area contributed by atoms with Gasteiger partial charge in [0.1, 0.15) is 5.82 Å². The number of carbonyl (C=O) groups excluding carboxylic acids is 1. The van der Waals surface area contributed by atoms with Crippen LogP contribution in [0.1, 0.15) is 44.2 Å². The van der Waals surface area contributed by atoms with Gasteiger partial charge in [0.2, 0.25) is 5.91 Å². The predicted molar refractivity (Wildman–Crippen MR) is 113 cm³/mol. The van der Waals surface area contributed by atoms with Crippen molar-refractivity contribution in [3.05, 3.63) is 48.4 Å². The second-order valence-corrected chi connectivity index (χ2v) is 8.25. The van der Waals surface area contributed by atoms with Crippen LogP contribution in [0.4, 0.5) is 0 Å². The van der Waals surface area contributed by atoms with Crippen molar-refractivity contribution in [3.8, 4) is 5.82 Å². The van der Waals surface area contributed by atoms with Gasteiger partial charge >= 0.3 is 0 Å². The molecule has 4 heterocycles. The summed E-state index contributed by atoms with van der Waals surface area (Å²) in [5.41, 5.74) is 1.27. The first-order valence-electron chi connectivity index (χ1n) is 11.0. The van der Waals surface area contributed by atoms with E-state index in [1.165, 1.54) is 18.5 Å². The Hall–Kier alpha value is -2.18. The van der Waals surface area contributed by atoms with Crippen molar-refractivity contribution in [2.24, 2.45) is 5.92 Å². The molecule has 2 fully saturated rings. The van der Waals surface area contributed by atoms with Crippen LogP contribution in [0.3, 0.4) is 0 Å². The van der Waals surface area contributed by atoms with Gasteiger partial charge in [0.25, 0.3) is 0 Å². The summed E-state index contributed by atoms with van der Waals surface area (Å²) >= 11 is 0. The Morgan fingerprint density at radius 1 is 1.17 bits per heavy atom. The number of hydrogen-bond donors (Lipinski definition) is 1. The lowest BCUT2D eigenvalue weighted by Gasteiger charge is -2.32. The summed E-state index contributed by atoms with van der Waals surface area (Å²) in [6.07, 6.45) is 10.3. The lowest BCUT2D eigenvalue weighted by molar-refractivity contribution is -0.122. The van der Waals surface area contributed by atoms with Crippen LogP contribution in [0.15, 0.2) is 42.7 Å². The number of piperidine rings is 1. The van der Waals surface area contributed by atoms with Crippen LogP contribution in [0, 0.1) is 5.92 Å². The van der Waals surface area contributed by atoms with E-state index in [-0.39, 0.29) is 12.0 Å². The molecule has 0 saturated carbocycles. The number of ether oxygens (including phenoxy) is 1. The molecule has 2 saturated heterocycles. The number of rotatable bonds is 8. The summed E-state index contributed by atoms with van der Waals surface area (Å²) in [5.74, 6) is 1.80. The molecule has 6 nitrogen and oxygen atoms in total. The Morgan fingerprint density at radius 2 is 2.07 bits per heavy atom. The lowest BCUT2D eigenvalue weighted by atomic mass is 9.92. The molecule has 0 bridgehead atoms. The average Bonchev–Trinajstić information content (AvgIpc) is 3.44. The van der Waals surface area contributed by atoms with Crippen molar-refractivity contribution < 1.29 is 9.53 Å². The SMILES string of the molecule is O=C(CCC1CCN(Cc2cccn2-c2ccccn2)CC1)NCC1CCCO1. The number of likely N-dealkylation sites (tertiary alicyclic amines) is 1. The van der Waals surface area contributed by atoms with Crippen LogP contribution in [-0.2, 0) is 16.1 Å². The van der Waals surface area contributed by atoms with Gasteiger partial charge in [-0.05, 0) is 75.4 Å². The van der Waals surface area contributed by atoms with Crippen LogP contribution in [-0.4, -0.2) is 52.7 Å². The highest BCUT2D eigenvalue weighted by Gasteiger charge is 2.21. The molecule has 2 aliphatic rings. The Morgan fingerprint density at radius 3 is 2.83 bits per heavy atom. The number of aromatic nitrogens is 2. The standard InChI is InChI=1S/C23H32N4O2/c28-23(25-17-21-6-4-16-29-21)9-8-19-10-14-26(15-11-19)18-20-5-3-13-27(20)22-7-1-2-12-24-22/h1-3,5,7,12-13,19,21H,4,6,8-11,14-18H2,(H,25,28). The third-order valence-electron chi connectivity index (χ3n) is 6.15. The number of amides is 1. The zero-order valence-corrected chi connectivity index (χ0v) is 17.1. The second kappa shape index (κ2) is 10.0. The zero-order chi connectivity index (χ0) is 19.9. The van der Waals surface area contributed by atoms with Crippen molar-refractivity contribution >= 4 is 5.91 Å². The van der Waals surface area contributed by atoms with Gasteiger partial charge in [0.05, 0.1) is 6.10 Å². The van der Waals surface area contributed by atoms with E-state index in [1.807, 2.05) is 24.4 Å². The molecule has 0 aromatic carbocycles. The highest BCUT2D eigenvalue weighted by molar-refractivity contribution is 5.75. The summed E-state index contributed by atoms with van der Waals surface area (Å²) in [7, 11) is 0. The fraction of sp³-hybridized carbons (Fsp3) is 0.565. The van der Waals surface area contributed by atoms with Crippen molar-refractivity contribution in [1.82, 2.24) is 19.8 Å². The van der Waals surface area contributed by atoms with Crippen LogP contribution < -0.4 is 5.32 Å². The molecule has 1 amide bonds. The molecule has 1 N–H and O–H groups in total. The molecule has 0 radical (unpaired) electrons. The average molecular weight is 397 g/mol. The molecule has 2 aromatic heterocycles. The number of nitrogens with zero attached hydrogens (tertiary/aromatic N) is 3. The molecule has 0 spiro atoms. The normalized spacial score (nSPS) is 20.8. The topological polar surface area (TPSA) is 59.4 Å². The molecular formula is C23H32N4O2. The molecular weight excluding hydrogens is 364 g/mol. The van der Waals surface area contributed by atoms with Crippen LogP contribution in [0.5, 0.6) is 0 Å². The number of nitrogens with one attached hydrogen (secondary N) is 1. The maximum absolute atomic E-state index is 12.1. The van der Waals surface area contributed by atoms with E-state index in [0.29, 0.717) is 18.9 Å². The first kappa shape index (κ1) is 20.1. The highest BCUT2D eigenvalue weighted by atomic mass is 16.5. The van der Waals surface area contributed by atoms with Crippen LogP contribution in [0.2, 0.25) is 0 Å². The van der Waals surface area contributed by atoms with Crippen LogP contribution in [0.25, 0.3) is 5.82 Å². The van der Waals surface area contributed by atoms with E-state index in [4.69, 9.17) is 4.74 Å². The van der Waals surface area contributed by atoms with Crippen molar-refractivity contribution in [2.45, 2.75) is 51.2 Å². The molecule has 29 heavy (non-hydrogen) atoms. The zero-order valence-electron chi connectivity index (χ0n) is 17.1. The smallest absolute Gasteiger partial charge is 0.220 e. The maximum atomic E-state index is 12.1. The summed E-state index contributed by atoms with van der Waals surface area (Å²) in [6, 6.07) is 10.3. The van der Waals surface area contributed by atoms with Crippen molar-refractivity contribution in [3.63, 3.8) is 0 Å². The Labute approximate surface area is 173 Å². The Bertz CT molecular complexity index is 762. The van der Waals surface area contributed by atoms with Gasteiger partial charge in [-0.1, -0.05) is 6.07 Å². The monoisotopic (exact) mass is 396 g/mol. The first-order valence-corrected chi connectivity index (χ1v) is 11.0. The molecule has 4 rings (SSSR count). The fourth-order valence-electron chi connectivity index (χ4n) is 4.38. The summed E-state index contributed by atoms with van der Waals surface area (Å²) in [6.45, 7) is 4.64. The van der Waals surface area contributed by atoms with E-state index in [0.717, 1.165) is 51.3 Å². The molecule has 1 atom stereocenters. The van der Waals surface area contributed by atoms with E-state index < -0.39 is 0 Å². The minimum atomic E-state index is 0.177. The number of pyridine rings is 1. The molecule has 0 aliphatic carbocycles. The molecule has 2 aromatic rings. The van der Waals surface area contributed by atoms with Gasteiger partial charge in [0.15, 0.2) is 0 Å². The van der Waals surface area contributed by atoms with E-state index in [9.17, 15) is 4.79 Å². The van der Waals surface area contributed by atoms with E-state index in [2.05, 4.69) is 38.1 Å². The lowest BCUT2D eigenvalue weighted by Crippen LogP contribution is -2.35. The van der Waals surface area contributed by atoms with E-state index >= 15 is 0 Å². The van der Waals surface area contributed by atoms with E-state index in [1.54, 1.807) is 0 Å². The quantitative estimate of drug-likeness (QED) is 0.745. The minimum absolute atomic E-state index is 0.177. The van der Waals surface area contributed by atoms with Gasteiger partial charge in [-0.2, -0.15) is 0 Å². The van der Waals surface area contributed by atoms with Gasteiger partial charge < -0.3 is 14.6 Å². The third-order valence-corrected chi connectivity index (χ3v) is 6.15. The molecule has 6 heteroatoms. The van der Waals surface area contributed by atoms with Crippen molar-refractivity contribution in [2.75, 3.05) is 26.2 Å². The van der Waals surface area contributed by atoms with Gasteiger partial charge in [-0.15, -0.1) is 0 Å². The Balaban J connectivity index is 1.17. The highest BCUT2D eigenvalue weighted by Crippen LogP contribution is 2.23. The molecule has 2 aliphatic heterocycles. The fourth-order valence-corrected chi connectivity index (χ4v) is 4.38. The molecule has 1 unspecified atom stereocenters. The number of carbonyl (C=O) groups is 1. The largest absolute Gasteiger partial charge is 0.376 e. The minimum Gasteiger partial charge on any atom is -0.376 e.